The van der Waals surface area contributed by atoms with Gasteiger partial charge in [-0.25, -0.2) is 4.98 Å². The van der Waals surface area contributed by atoms with E-state index >= 15 is 0 Å². The average molecular weight is 312 g/mol. The van der Waals surface area contributed by atoms with Crippen LogP contribution < -0.4 is 5.32 Å². The van der Waals surface area contributed by atoms with Gasteiger partial charge in [0.25, 0.3) is 0 Å². The van der Waals surface area contributed by atoms with Crippen LogP contribution in [0.15, 0.2) is 28.8 Å². The lowest BCUT2D eigenvalue weighted by atomic mass is 10.1. The molecule has 0 saturated carbocycles. The predicted molar refractivity (Wildman–Crippen MR) is 89.5 cm³/mol. The second kappa shape index (κ2) is 6.75. The Balaban J connectivity index is 2.03. The Morgan fingerprint density at radius 1 is 1.22 bits per heavy atom. The van der Waals surface area contributed by atoms with Gasteiger partial charge in [-0.15, -0.1) is 0 Å². The van der Waals surface area contributed by atoms with E-state index in [1.54, 1.807) is 14.0 Å². The molecule has 120 valence electrons. The molecule has 0 spiro atoms. The molecule has 0 aliphatic rings. The van der Waals surface area contributed by atoms with Crippen molar-refractivity contribution in [1.29, 1.82) is 0 Å². The van der Waals surface area contributed by atoms with E-state index in [1.165, 1.54) is 0 Å². The number of ether oxygens (including phenoxy) is 1. The molecule has 1 aromatic carbocycles. The summed E-state index contributed by atoms with van der Waals surface area (Å²) in [5.41, 5.74) is 2.96. The molecule has 0 fully saturated rings. The third kappa shape index (κ3) is 3.32. The molecule has 0 atom stereocenters. The van der Waals surface area contributed by atoms with E-state index in [2.05, 4.69) is 34.5 Å². The summed E-state index contributed by atoms with van der Waals surface area (Å²) in [6.07, 6.45) is 0.898. The third-order valence-electron chi connectivity index (χ3n) is 3.63. The second-order valence-corrected chi connectivity index (χ2v) is 5.44. The molecule has 0 saturated heterocycles. The summed E-state index contributed by atoms with van der Waals surface area (Å²) in [7, 11) is 1.70. The van der Waals surface area contributed by atoms with E-state index in [9.17, 15) is 0 Å². The number of fused-ring (bicyclic) bond motifs is 1. The molecule has 0 aliphatic carbocycles. The van der Waals surface area contributed by atoms with Crippen LogP contribution in [-0.4, -0.2) is 35.4 Å². The Hall–Kier alpha value is -2.47. The summed E-state index contributed by atoms with van der Waals surface area (Å²) in [5, 5.41) is 8.45. The van der Waals surface area contributed by atoms with Crippen molar-refractivity contribution < 1.29 is 9.26 Å². The van der Waals surface area contributed by atoms with Crippen LogP contribution in [0.3, 0.4) is 0 Å². The van der Waals surface area contributed by atoms with Gasteiger partial charge in [0.1, 0.15) is 5.82 Å². The fraction of sp³-hybridized carbons (Fsp3) is 0.353. The number of anilines is 1. The van der Waals surface area contributed by atoms with Crippen LogP contribution in [0.25, 0.3) is 22.3 Å². The van der Waals surface area contributed by atoms with Crippen molar-refractivity contribution in [2.75, 3.05) is 25.6 Å². The zero-order valence-electron chi connectivity index (χ0n) is 13.6. The number of aromatic nitrogens is 3. The van der Waals surface area contributed by atoms with Crippen molar-refractivity contribution in [2.45, 2.75) is 20.3 Å². The molecule has 3 rings (SSSR count). The molecule has 6 nitrogen and oxygen atoms in total. The predicted octanol–water partition coefficient (Wildman–Crippen LogP) is 3.35. The lowest BCUT2D eigenvalue weighted by Gasteiger charge is -2.11. The van der Waals surface area contributed by atoms with Gasteiger partial charge in [-0.2, -0.15) is 4.98 Å². The lowest BCUT2D eigenvalue weighted by Crippen LogP contribution is -2.08. The number of para-hydroxylation sites is 1. The zero-order chi connectivity index (χ0) is 16.2. The number of methoxy groups -OCH3 is 1. The van der Waals surface area contributed by atoms with Gasteiger partial charge in [-0.05, 0) is 25.0 Å². The monoisotopic (exact) mass is 312 g/mol. The van der Waals surface area contributed by atoms with Crippen molar-refractivity contribution in [3.63, 3.8) is 0 Å². The van der Waals surface area contributed by atoms with Crippen molar-refractivity contribution in [3.05, 3.63) is 35.7 Å². The summed E-state index contributed by atoms with van der Waals surface area (Å²) in [5.74, 6) is 1.85. The molecule has 0 bridgehead atoms. The van der Waals surface area contributed by atoms with E-state index in [-0.39, 0.29) is 0 Å². The van der Waals surface area contributed by atoms with E-state index < -0.39 is 0 Å². The number of hydrogen-bond donors (Lipinski definition) is 1. The van der Waals surface area contributed by atoms with Crippen LogP contribution in [0.4, 0.5) is 5.82 Å². The highest BCUT2D eigenvalue weighted by molar-refractivity contribution is 5.89. The van der Waals surface area contributed by atoms with Crippen LogP contribution in [0.1, 0.15) is 17.9 Å². The molecular formula is C17H20N4O2. The molecule has 0 amide bonds. The Kier molecular flexibility index (Phi) is 4.52. The summed E-state index contributed by atoms with van der Waals surface area (Å²) < 4.78 is 10.2. The average Bonchev–Trinajstić information content (AvgIpc) is 2.98. The molecule has 3 aromatic rings. The number of nitrogens with one attached hydrogen (secondary N) is 1. The minimum Gasteiger partial charge on any atom is -0.385 e. The molecule has 0 radical (unpaired) electrons. The largest absolute Gasteiger partial charge is 0.385 e. The summed E-state index contributed by atoms with van der Waals surface area (Å²) in [4.78, 5) is 9.12. The molecule has 0 unspecified atom stereocenters. The van der Waals surface area contributed by atoms with Gasteiger partial charge in [-0.3, -0.25) is 0 Å². The Morgan fingerprint density at radius 2 is 2.09 bits per heavy atom. The Labute approximate surface area is 134 Å². The summed E-state index contributed by atoms with van der Waals surface area (Å²) in [6.45, 7) is 5.31. The Bertz CT molecular complexity index is 813. The number of aryl methyl sites for hydroxylation is 2. The van der Waals surface area contributed by atoms with Gasteiger partial charge in [0, 0.05) is 32.6 Å². The Morgan fingerprint density at radius 3 is 2.83 bits per heavy atom. The van der Waals surface area contributed by atoms with Crippen molar-refractivity contribution in [3.8, 4) is 11.4 Å². The third-order valence-corrected chi connectivity index (χ3v) is 3.63. The van der Waals surface area contributed by atoms with E-state index in [0.29, 0.717) is 18.3 Å². The first-order chi connectivity index (χ1) is 11.2. The lowest BCUT2D eigenvalue weighted by molar-refractivity contribution is 0.198. The van der Waals surface area contributed by atoms with E-state index in [0.717, 1.165) is 40.8 Å². The van der Waals surface area contributed by atoms with Gasteiger partial charge >= 0.3 is 0 Å². The molecule has 23 heavy (non-hydrogen) atoms. The van der Waals surface area contributed by atoms with E-state index in [4.69, 9.17) is 14.2 Å². The van der Waals surface area contributed by atoms with Crippen LogP contribution >= 0.6 is 0 Å². The highest BCUT2D eigenvalue weighted by Crippen LogP contribution is 2.29. The highest BCUT2D eigenvalue weighted by atomic mass is 16.5. The van der Waals surface area contributed by atoms with Crippen LogP contribution in [0, 0.1) is 13.8 Å². The minimum absolute atomic E-state index is 0.537. The fourth-order valence-corrected chi connectivity index (χ4v) is 2.48. The van der Waals surface area contributed by atoms with Gasteiger partial charge in [0.05, 0.1) is 11.1 Å². The number of rotatable bonds is 6. The van der Waals surface area contributed by atoms with Crippen molar-refractivity contribution >= 4 is 16.7 Å². The minimum atomic E-state index is 0.537. The molecule has 2 heterocycles. The van der Waals surface area contributed by atoms with Crippen molar-refractivity contribution in [2.24, 2.45) is 0 Å². The standard InChI is InChI=1S/C17H20N4O2/c1-11-6-4-7-13-10-14(17-19-12(2)23-21-17)16(20-15(11)13)18-8-5-9-22-3/h4,6-7,10H,5,8-9H2,1-3H3,(H,18,20). The fourth-order valence-electron chi connectivity index (χ4n) is 2.48. The van der Waals surface area contributed by atoms with Crippen LogP contribution in [0.5, 0.6) is 0 Å². The second-order valence-electron chi connectivity index (χ2n) is 5.44. The zero-order valence-corrected chi connectivity index (χ0v) is 13.6. The molecule has 2 aromatic heterocycles. The van der Waals surface area contributed by atoms with Gasteiger partial charge in [0.15, 0.2) is 0 Å². The number of pyridine rings is 1. The first-order valence-corrected chi connectivity index (χ1v) is 7.63. The topological polar surface area (TPSA) is 73.1 Å². The maximum Gasteiger partial charge on any atom is 0.223 e. The number of hydrogen-bond acceptors (Lipinski definition) is 6. The maximum absolute atomic E-state index is 5.12. The first kappa shape index (κ1) is 15.4. The number of nitrogens with zero attached hydrogens (tertiary/aromatic N) is 3. The molecule has 1 N–H and O–H groups in total. The van der Waals surface area contributed by atoms with Crippen molar-refractivity contribution in [1.82, 2.24) is 15.1 Å². The number of benzene rings is 1. The maximum atomic E-state index is 5.12. The molecular weight excluding hydrogens is 292 g/mol. The molecule has 6 heteroatoms. The summed E-state index contributed by atoms with van der Waals surface area (Å²) >= 11 is 0. The van der Waals surface area contributed by atoms with Crippen LogP contribution in [0.2, 0.25) is 0 Å². The first-order valence-electron chi connectivity index (χ1n) is 7.63. The van der Waals surface area contributed by atoms with Gasteiger partial charge < -0.3 is 14.6 Å². The van der Waals surface area contributed by atoms with Gasteiger partial charge in [-0.1, -0.05) is 23.4 Å². The summed E-state index contributed by atoms with van der Waals surface area (Å²) in [6, 6.07) is 8.18. The quantitative estimate of drug-likeness (QED) is 0.704. The van der Waals surface area contributed by atoms with Gasteiger partial charge in [0.2, 0.25) is 11.7 Å². The smallest absolute Gasteiger partial charge is 0.223 e. The van der Waals surface area contributed by atoms with Crippen LogP contribution in [-0.2, 0) is 4.74 Å². The molecule has 0 aliphatic heterocycles. The normalized spacial score (nSPS) is 11.1. The van der Waals surface area contributed by atoms with E-state index in [1.807, 2.05) is 12.1 Å². The SMILES string of the molecule is COCCCNc1nc2c(C)cccc2cc1-c1noc(C)n1. The highest BCUT2D eigenvalue weighted by Gasteiger charge is 2.14.